The van der Waals surface area contributed by atoms with Crippen molar-refractivity contribution in [3.63, 3.8) is 0 Å². The van der Waals surface area contributed by atoms with E-state index in [1.807, 2.05) is 48.5 Å². The molecule has 4 N–H and O–H groups in total. The van der Waals surface area contributed by atoms with Gasteiger partial charge < -0.3 is 25.6 Å². The Bertz CT molecular complexity index is 962. The highest BCUT2D eigenvalue weighted by atomic mass is 16.5. The van der Waals surface area contributed by atoms with E-state index >= 15 is 0 Å². The molecule has 33 heavy (non-hydrogen) atoms. The highest BCUT2D eigenvalue weighted by Gasteiger charge is 2.30. The summed E-state index contributed by atoms with van der Waals surface area (Å²) in [6.45, 7) is 3.49. The molecule has 8 heteroatoms. The zero-order valence-corrected chi connectivity index (χ0v) is 18.8. The van der Waals surface area contributed by atoms with Crippen LogP contribution in [0.5, 0.6) is 0 Å². The highest BCUT2D eigenvalue weighted by Crippen LogP contribution is 2.44. The Kier molecular flexibility index (Phi) is 8.06. The SMILES string of the molecule is CC(CO)C(C)NC(=O)C(CCC(=O)O)NC(=O)OCC1c2ccccc2-c2ccccc21. The number of aliphatic hydroxyl groups is 1. The molecule has 176 valence electrons. The number of fused-ring (bicyclic) bond motifs is 3. The van der Waals surface area contributed by atoms with Crippen molar-refractivity contribution in [1.82, 2.24) is 10.6 Å². The Labute approximate surface area is 193 Å². The molecular weight excluding hydrogens is 424 g/mol. The second-order valence-corrected chi connectivity index (χ2v) is 8.41. The number of hydrogen-bond donors (Lipinski definition) is 4. The van der Waals surface area contributed by atoms with E-state index in [0.717, 1.165) is 22.3 Å². The van der Waals surface area contributed by atoms with Gasteiger partial charge in [-0.3, -0.25) is 9.59 Å². The van der Waals surface area contributed by atoms with Gasteiger partial charge >= 0.3 is 12.1 Å². The van der Waals surface area contributed by atoms with E-state index in [9.17, 15) is 19.5 Å². The number of hydrogen-bond acceptors (Lipinski definition) is 5. The lowest BCUT2D eigenvalue weighted by Crippen LogP contribution is -2.51. The van der Waals surface area contributed by atoms with Crippen LogP contribution in [-0.2, 0) is 14.3 Å². The molecule has 0 bridgehead atoms. The fraction of sp³-hybridized carbons (Fsp3) is 0.400. The number of aliphatic carboxylic acids is 1. The first-order chi connectivity index (χ1) is 15.8. The van der Waals surface area contributed by atoms with E-state index in [1.54, 1.807) is 13.8 Å². The topological polar surface area (TPSA) is 125 Å². The first kappa shape index (κ1) is 24.3. The summed E-state index contributed by atoms with van der Waals surface area (Å²) in [6.07, 6.45) is -1.15. The third-order valence-corrected chi connectivity index (χ3v) is 6.11. The predicted octanol–water partition coefficient (Wildman–Crippen LogP) is 2.89. The Morgan fingerprint density at radius 2 is 1.55 bits per heavy atom. The number of ether oxygens (including phenoxy) is 1. The van der Waals surface area contributed by atoms with Gasteiger partial charge in [-0.15, -0.1) is 0 Å². The van der Waals surface area contributed by atoms with E-state index in [1.165, 1.54) is 0 Å². The molecule has 1 aliphatic rings. The van der Waals surface area contributed by atoms with Crippen LogP contribution in [0, 0.1) is 5.92 Å². The summed E-state index contributed by atoms with van der Waals surface area (Å²) in [5.41, 5.74) is 4.34. The summed E-state index contributed by atoms with van der Waals surface area (Å²) < 4.78 is 5.48. The smallest absolute Gasteiger partial charge is 0.407 e. The minimum atomic E-state index is -1.07. The largest absolute Gasteiger partial charge is 0.481 e. The van der Waals surface area contributed by atoms with E-state index < -0.39 is 24.0 Å². The number of nitrogens with one attached hydrogen (secondary N) is 2. The van der Waals surface area contributed by atoms with Crippen LogP contribution in [0.1, 0.15) is 43.7 Å². The molecule has 2 aromatic carbocycles. The third kappa shape index (κ3) is 5.90. The number of alkyl carbamates (subject to hydrolysis) is 1. The molecule has 8 nitrogen and oxygen atoms in total. The Morgan fingerprint density at radius 3 is 2.09 bits per heavy atom. The van der Waals surface area contributed by atoms with Crippen molar-refractivity contribution in [2.24, 2.45) is 5.92 Å². The van der Waals surface area contributed by atoms with Crippen molar-refractivity contribution >= 4 is 18.0 Å². The summed E-state index contributed by atoms with van der Waals surface area (Å²) in [5.74, 6) is -1.90. The third-order valence-electron chi connectivity index (χ3n) is 6.11. The van der Waals surface area contributed by atoms with Gasteiger partial charge in [0, 0.05) is 25.0 Å². The van der Waals surface area contributed by atoms with Crippen LogP contribution in [0.15, 0.2) is 48.5 Å². The molecule has 0 spiro atoms. The van der Waals surface area contributed by atoms with Crippen molar-refractivity contribution in [3.05, 3.63) is 59.7 Å². The lowest BCUT2D eigenvalue weighted by molar-refractivity contribution is -0.137. The van der Waals surface area contributed by atoms with Crippen LogP contribution in [0.25, 0.3) is 11.1 Å². The van der Waals surface area contributed by atoms with Gasteiger partial charge in [0.1, 0.15) is 12.6 Å². The number of benzene rings is 2. The summed E-state index contributed by atoms with van der Waals surface area (Å²) in [7, 11) is 0. The molecule has 3 rings (SSSR count). The fourth-order valence-corrected chi connectivity index (χ4v) is 3.94. The first-order valence-corrected chi connectivity index (χ1v) is 11.1. The number of carbonyl (C=O) groups is 3. The minimum absolute atomic E-state index is 0.0778. The molecule has 0 radical (unpaired) electrons. The van der Waals surface area contributed by atoms with Crippen molar-refractivity contribution < 1.29 is 29.3 Å². The van der Waals surface area contributed by atoms with Crippen LogP contribution in [0.2, 0.25) is 0 Å². The standard InChI is InChI=1S/C25H30N2O6/c1-15(13-28)16(2)26-24(31)22(11-12-23(29)30)27-25(32)33-14-21-19-9-5-3-7-17(19)18-8-4-6-10-20(18)21/h3-10,15-16,21-22,28H,11-14H2,1-2H3,(H,26,31)(H,27,32)(H,29,30). The van der Waals surface area contributed by atoms with Gasteiger partial charge in [-0.2, -0.15) is 0 Å². The van der Waals surface area contributed by atoms with Gasteiger partial charge in [0.2, 0.25) is 5.91 Å². The van der Waals surface area contributed by atoms with Crippen LogP contribution < -0.4 is 10.6 Å². The molecule has 0 saturated carbocycles. The van der Waals surface area contributed by atoms with Crippen LogP contribution in [0.4, 0.5) is 4.79 Å². The lowest BCUT2D eigenvalue weighted by Gasteiger charge is -2.24. The molecule has 0 heterocycles. The first-order valence-electron chi connectivity index (χ1n) is 11.1. The molecule has 0 saturated heterocycles. The molecular formula is C25H30N2O6. The number of rotatable bonds is 10. The maximum Gasteiger partial charge on any atom is 0.407 e. The van der Waals surface area contributed by atoms with Crippen molar-refractivity contribution in [2.45, 2.75) is 44.7 Å². The van der Waals surface area contributed by atoms with Crippen molar-refractivity contribution in [2.75, 3.05) is 13.2 Å². The lowest BCUT2D eigenvalue weighted by atomic mass is 9.98. The normalized spacial score (nSPS) is 15.0. The molecule has 0 fully saturated rings. The molecule has 2 amide bonds. The zero-order valence-electron chi connectivity index (χ0n) is 18.8. The van der Waals surface area contributed by atoms with Crippen LogP contribution in [0.3, 0.4) is 0 Å². The monoisotopic (exact) mass is 454 g/mol. The number of carboxylic acid groups (broad SMARTS) is 1. The fourth-order valence-electron chi connectivity index (χ4n) is 3.94. The Morgan fingerprint density at radius 1 is 0.970 bits per heavy atom. The minimum Gasteiger partial charge on any atom is -0.481 e. The van der Waals surface area contributed by atoms with E-state index in [-0.39, 0.29) is 43.9 Å². The summed E-state index contributed by atoms with van der Waals surface area (Å²) in [4.78, 5) is 36.2. The summed E-state index contributed by atoms with van der Waals surface area (Å²) in [5, 5.41) is 23.5. The molecule has 1 aliphatic carbocycles. The zero-order chi connectivity index (χ0) is 24.0. The maximum atomic E-state index is 12.7. The number of aliphatic hydroxyl groups excluding tert-OH is 1. The van der Waals surface area contributed by atoms with E-state index in [2.05, 4.69) is 10.6 Å². The van der Waals surface area contributed by atoms with Gasteiger partial charge in [0.15, 0.2) is 0 Å². The maximum absolute atomic E-state index is 12.7. The van der Waals surface area contributed by atoms with E-state index in [4.69, 9.17) is 9.84 Å². The van der Waals surface area contributed by atoms with Crippen molar-refractivity contribution in [1.29, 1.82) is 0 Å². The average molecular weight is 455 g/mol. The second-order valence-electron chi connectivity index (χ2n) is 8.41. The number of amides is 2. The molecule has 3 unspecified atom stereocenters. The van der Waals surface area contributed by atoms with Gasteiger partial charge in [0.25, 0.3) is 0 Å². The van der Waals surface area contributed by atoms with Gasteiger partial charge in [0.05, 0.1) is 0 Å². The average Bonchev–Trinajstić information content (AvgIpc) is 3.13. The van der Waals surface area contributed by atoms with E-state index in [0.29, 0.717) is 0 Å². The molecule has 0 aromatic heterocycles. The van der Waals surface area contributed by atoms with Gasteiger partial charge in [-0.25, -0.2) is 4.79 Å². The van der Waals surface area contributed by atoms with Crippen molar-refractivity contribution in [3.8, 4) is 11.1 Å². The molecule has 3 atom stereocenters. The summed E-state index contributed by atoms with van der Waals surface area (Å²) >= 11 is 0. The van der Waals surface area contributed by atoms with Crippen LogP contribution >= 0.6 is 0 Å². The number of carboxylic acids is 1. The van der Waals surface area contributed by atoms with Gasteiger partial charge in [-0.05, 0) is 41.5 Å². The van der Waals surface area contributed by atoms with Crippen LogP contribution in [-0.4, -0.2) is 53.5 Å². The Hall–Kier alpha value is -3.39. The quantitative estimate of drug-likeness (QED) is 0.438. The summed E-state index contributed by atoms with van der Waals surface area (Å²) in [6, 6.07) is 14.5. The number of carbonyl (C=O) groups excluding carboxylic acids is 2. The second kappa shape index (κ2) is 11.0. The van der Waals surface area contributed by atoms with Gasteiger partial charge in [-0.1, -0.05) is 55.5 Å². The molecule has 0 aliphatic heterocycles. The molecule has 2 aromatic rings. The predicted molar refractivity (Wildman–Crippen MR) is 123 cm³/mol. The highest BCUT2D eigenvalue weighted by molar-refractivity contribution is 5.86. The Balaban J connectivity index is 1.65.